The number of thioether (sulfide) groups is 1. The van der Waals surface area contributed by atoms with E-state index in [2.05, 4.69) is 23.3 Å². The summed E-state index contributed by atoms with van der Waals surface area (Å²) >= 11 is 5.74. The molecule has 3 rings (SSSR count). The van der Waals surface area contributed by atoms with Crippen LogP contribution in [-0.2, 0) is 4.79 Å². The van der Waals surface area contributed by atoms with Crippen LogP contribution in [0.25, 0.3) is 0 Å². The Hall–Kier alpha value is -1.92. The van der Waals surface area contributed by atoms with Crippen molar-refractivity contribution in [2.45, 2.75) is 22.0 Å². The van der Waals surface area contributed by atoms with Gasteiger partial charge in [-0.15, -0.1) is 24.4 Å². The van der Waals surface area contributed by atoms with E-state index in [-0.39, 0.29) is 17.1 Å². The Kier molecular flexibility index (Phi) is 4.13. The Morgan fingerprint density at radius 3 is 2.86 bits per heavy atom. The fourth-order valence-electron chi connectivity index (χ4n) is 2.14. The zero-order chi connectivity index (χ0) is 15.7. The topological polar surface area (TPSA) is 58.2 Å². The Morgan fingerprint density at radius 1 is 1.27 bits per heavy atom. The highest BCUT2D eigenvalue weighted by atomic mass is 32.2. The minimum Gasteiger partial charge on any atom is -0.324 e. The van der Waals surface area contributed by atoms with Crippen molar-refractivity contribution in [1.82, 2.24) is 0 Å². The fraction of sp³-hybridized carbons (Fsp3) is 0.125. The Bertz CT molecular complexity index is 762. The number of carbonyl (C=O) groups is 2. The second kappa shape index (κ2) is 6.06. The molecule has 2 aromatic rings. The smallest absolute Gasteiger partial charge is 0.255 e. The third kappa shape index (κ3) is 3.13. The number of hydrogen-bond acceptors (Lipinski definition) is 4. The number of nitrogens with one attached hydrogen (secondary N) is 2. The molecule has 0 saturated heterocycles. The molecule has 2 aromatic carbocycles. The Labute approximate surface area is 138 Å². The molecule has 22 heavy (non-hydrogen) atoms. The largest absolute Gasteiger partial charge is 0.324 e. The van der Waals surface area contributed by atoms with Gasteiger partial charge in [-0.2, -0.15) is 0 Å². The summed E-state index contributed by atoms with van der Waals surface area (Å²) < 4.78 is 0. The lowest BCUT2D eigenvalue weighted by molar-refractivity contribution is -0.115. The first-order valence-corrected chi connectivity index (χ1v) is 8.07. The van der Waals surface area contributed by atoms with Gasteiger partial charge < -0.3 is 10.6 Å². The molecule has 2 N–H and O–H groups in total. The van der Waals surface area contributed by atoms with Crippen LogP contribution in [0.1, 0.15) is 17.3 Å². The van der Waals surface area contributed by atoms with Crippen LogP contribution in [0.15, 0.2) is 52.3 Å². The van der Waals surface area contributed by atoms with Gasteiger partial charge in [-0.1, -0.05) is 6.07 Å². The molecule has 0 aromatic heterocycles. The molecule has 1 aliphatic heterocycles. The molecule has 1 atom stereocenters. The second-order valence-corrected chi connectivity index (χ2v) is 6.86. The maximum absolute atomic E-state index is 12.3. The summed E-state index contributed by atoms with van der Waals surface area (Å²) in [6, 6.07) is 12.6. The van der Waals surface area contributed by atoms with Crippen LogP contribution in [0.5, 0.6) is 0 Å². The van der Waals surface area contributed by atoms with Gasteiger partial charge in [0.1, 0.15) is 0 Å². The predicted octanol–water partition coefficient (Wildman–Crippen LogP) is 3.66. The number of benzene rings is 2. The van der Waals surface area contributed by atoms with Gasteiger partial charge in [0.25, 0.3) is 5.91 Å². The molecule has 0 saturated carbocycles. The van der Waals surface area contributed by atoms with Gasteiger partial charge >= 0.3 is 0 Å². The van der Waals surface area contributed by atoms with Crippen LogP contribution < -0.4 is 10.6 Å². The van der Waals surface area contributed by atoms with Gasteiger partial charge in [0.2, 0.25) is 5.91 Å². The summed E-state index contributed by atoms with van der Waals surface area (Å²) in [4.78, 5) is 25.8. The molecule has 1 aliphatic rings. The van der Waals surface area contributed by atoms with Crippen molar-refractivity contribution in [3.05, 3.63) is 48.0 Å². The molecule has 0 aliphatic carbocycles. The molecule has 0 radical (unpaired) electrons. The average Bonchev–Trinajstić information content (AvgIpc) is 2.48. The number of thiol groups is 1. The lowest BCUT2D eigenvalue weighted by Crippen LogP contribution is -2.26. The molecule has 2 amide bonds. The minimum atomic E-state index is -0.223. The van der Waals surface area contributed by atoms with Crippen molar-refractivity contribution in [3.8, 4) is 0 Å². The minimum absolute atomic E-state index is 0.0437. The van der Waals surface area contributed by atoms with Gasteiger partial charge in [0.05, 0.1) is 10.9 Å². The van der Waals surface area contributed by atoms with Crippen molar-refractivity contribution >= 4 is 47.6 Å². The third-order valence-electron chi connectivity index (χ3n) is 3.28. The summed E-state index contributed by atoms with van der Waals surface area (Å²) in [5, 5.41) is 5.52. The predicted molar refractivity (Wildman–Crippen MR) is 92.0 cm³/mol. The van der Waals surface area contributed by atoms with Crippen molar-refractivity contribution in [3.63, 3.8) is 0 Å². The van der Waals surface area contributed by atoms with Crippen molar-refractivity contribution in [1.29, 1.82) is 0 Å². The molecule has 0 fully saturated rings. The van der Waals surface area contributed by atoms with Crippen LogP contribution in [-0.4, -0.2) is 17.1 Å². The first kappa shape index (κ1) is 15.0. The van der Waals surface area contributed by atoms with Crippen molar-refractivity contribution < 1.29 is 9.59 Å². The van der Waals surface area contributed by atoms with E-state index >= 15 is 0 Å². The number of amides is 2. The van der Waals surface area contributed by atoms with E-state index < -0.39 is 0 Å². The van der Waals surface area contributed by atoms with E-state index in [1.165, 1.54) is 11.8 Å². The van der Waals surface area contributed by atoms with E-state index in [0.717, 1.165) is 9.79 Å². The van der Waals surface area contributed by atoms with Crippen LogP contribution in [0.4, 0.5) is 11.4 Å². The number of carbonyl (C=O) groups excluding carboxylic acids is 2. The summed E-state index contributed by atoms with van der Waals surface area (Å²) in [5.74, 6) is -0.266. The van der Waals surface area contributed by atoms with Crippen LogP contribution in [0, 0.1) is 0 Å². The molecule has 0 unspecified atom stereocenters. The summed E-state index contributed by atoms with van der Waals surface area (Å²) in [5.41, 5.74) is 1.87. The number of rotatable bonds is 2. The monoisotopic (exact) mass is 330 g/mol. The number of fused-ring (bicyclic) bond motifs is 1. The molecule has 112 valence electrons. The highest BCUT2D eigenvalue weighted by Crippen LogP contribution is 2.36. The number of hydrogen-bond donors (Lipinski definition) is 3. The number of anilines is 2. The molecular formula is C16H14N2O2S2. The first-order valence-electron chi connectivity index (χ1n) is 6.75. The normalized spacial score (nSPS) is 16.6. The van der Waals surface area contributed by atoms with E-state index in [4.69, 9.17) is 0 Å². The van der Waals surface area contributed by atoms with Crippen molar-refractivity contribution in [2.75, 3.05) is 10.6 Å². The molecule has 0 spiro atoms. The SMILES string of the molecule is C[C@H]1Sc2ccc(C(=O)Nc3cccc(S)c3)cc2NC1=O. The summed E-state index contributed by atoms with van der Waals surface area (Å²) in [7, 11) is 0. The molecular weight excluding hydrogens is 316 g/mol. The lowest BCUT2D eigenvalue weighted by Gasteiger charge is -2.21. The highest BCUT2D eigenvalue weighted by Gasteiger charge is 2.23. The van der Waals surface area contributed by atoms with Crippen LogP contribution in [0.2, 0.25) is 0 Å². The van der Waals surface area contributed by atoms with E-state index in [9.17, 15) is 9.59 Å². The van der Waals surface area contributed by atoms with Gasteiger partial charge in [0.15, 0.2) is 0 Å². The summed E-state index contributed by atoms with van der Waals surface area (Å²) in [6.07, 6.45) is 0. The third-order valence-corrected chi connectivity index (χ3v) is 4.73. The molecule has 0 bridgehead atoms. The maximum atomic E-state index is 12.3. The van der Waals surface area contributed by atoms with E-state index in [1.54, 1.807) is 24.3 Å². The second-order valence-electron chi connectivity index (χ2n) is 4.96. The standard InChI is InChI=1S/C16H14N2O2S2/c1-9-15(19)18-13-7-10(5-6-14(13)22-9)16(20)17-11-3-2-4-12(21)8-11/h2-9,21H,1H3,(H,17,20)(H,18,19)/t9-/m1/s1. The van der Waals surface area contributed by atoms with E-state index in [1.807, 2.05) is 25.1 Å². The molecule has 4 nitrogen and oxygen atoms in total. The average molecular weight is 330 g/mol. The Morgan fingerprint density at radius 2 is 2.09 bits per heavy atom. The lowest BCUT2D eigenvalue weighted by atomic mass is 10.1. The van der Waals surface area contributed by atoms with Crippen molar-refractivity contribution in [2.24, 2.45) is 0 Å². The van der Waals surface area contributed by atoms with Crippen LogP contribution in [0.3, 0.4) is 0 Å². The van der Waals surface area contributed by atoms with E-state index in [0.29, 0.717) is 16.9 Å². The van der Waals surface area contributed by atoms with Crippen LogP contribution >= 0.6 is 24.4 Å². The molecule has 6 heteroatoms. The zero-order valence-corrected chi connectivity index (χ0v) is 13.5. The first-order chi connectivity index (χ1) is 10.5. The van der Waals surface area contributed by atoms with Gasteiger partial charge in [-0.25, -0.2) is 0 Å². The molecule has 1 heterocycles. The maximum Gasteiger partial charge on any atom is 0.255 e. The highest BCUT2D eigenvalue weighted by molar-refractivity contribution is 8.00. The van der Waals surface area contributed by atoms with Gasteiger partial charge in [0, 0.05) is 21.0 Å². The zero-order valence-electron chi connectivity index (χ0n) is 11.8. The quantitative estimate of drug-likeness (QED) is 0.737. The van der Waals surface area contributed by atoms with Gasteiger partial charge in [-0.05, 0) is 43.3 Å². The fourth-order valence-corrected chi connectivity index (χ4v) is 3.29. The Balaban J connectivity index is 1.82. The van der Waals surface area contributed by atoms with Gasteiger partial charge in [-0.3, -0.25) is 9.59 Å². The summed E-state index contributed by atoms with van der Waals surface area (Å²) in [6.45, 7) is 1.86.